The number of hydrogen-bond acceptors (Lipinski definition) is 1. The molecule has 0 heterocycles. The Morgan fingerprint density at radius 3 is 2.46 bits per heavy atom. The summed E-state index contributed by atoms with van der Waals surface area (Å²) in [6, 6.07) is 7.39. The van der Waals surface area contributed by atoms with Crippen molar-refractivity contribution in [1.82, 2.24) is 0 Å². The normalized spacial score (nSPS) is 9.69. The number of nitrogens with zero attached hydrogens (tertiary/aromatic N) is 1. The van der Waals surface area contributed by atoms with Crippen LogP contribution >= 0.6 is 0 Å². The van der Waals surface area contributed by atoms with Crippen LogP contribution in [0.3, 0.4) is 0 Å². The first-order chi connectivity index (χ1) is 6.27. The van der Waals surface area contributed by atoms with E-state index in [1.807, 2.05) is 18.2 Å². The van der Waals surface area contributed by atoms with Gasteiger partial charge in [0.1, 0.15) is 0 Å². The van der Waals surface area contributed by atoms with E-state index < -0.39 is 0 Å². The Kier molecular flexibility index (Phi) is 3.50. The summed E-state index contributed by atoms with van der Waals surface area (Å²) < 4.78 is 13.0. The van der Waals surface area contributed by atoms with Crippen molar-refractivity contribution in [3.05, 3.63) is 42.5 Å². The highest BCUT2D eigenvalue weighted by Crippen LogP contribution is 2.15. The molecule has 0 atom stereocenters. The van der Waals surface area contributed by atoms with Crippen molar-refractivity contribution < 1.29 is 4.48 Å². The second-order valence-electron chi connectivity index (χ2n) is 2.84. The first-order valence-electron chi connectivity index (χ1n) is 4.41. The van der Waals surface area contributed by atoms with E-state index in [-0.39, 0.29) is 0 Å². The first-order valence-corrected chi connectivity index (χ1v) is 4.41. The average molecular weight is 179 g/mol. The molecular weight excluding hydrogens is 165 g/mol. The quantitative estimate of drug-likeness (QED) is 0.507. The Labute approximate surface area is 78.4 Å². The minimum Gasteiger partial charge on any atom is -0.212 e. The van der Waals surface area contributed by atoms with Gasteiger partial charge in [-0.3, -0.25) is 0 Å². The summed E-state index contributed by atoms with van der Waals surface area (Å²) >= 11 is 0. The minimum atomic E-state index is 0.376. The summed E-state index contributed by atoms with van der Waals surface area (Å²) in [5.41, 5.74) is 1.76. The Bertz CT molecular complexity index is 266. The Morgan fingerprint density at radius 2 is 2.00 bits per heavy atom. The molecule has 2 heteroatoms. The molecule has 0 amide bonds. The summed E-state index contributed by atoms with van der Waals surface area (Å²) in [6.45, 7) is 5.80. The van der Waals surface area contributed by atoms with E-state index in [0.29, 0.717) is 12.2 Å². The molecule has 0 aliphatic rings. The van der Waals surface area contributed by atoms with E-state index in [2.05, 4.69) is 6.58 Å². The largest absolute Gasteiger partial charge is 0.212 e. The van der Waals surface area contributed by atoms with Gasteiger partial charge >= 0.3 is 0 Å². The Balaban J connectivity index is 2.74. The van der Waals surface area contributed by atoms with Gasteiger partial charge in [-0.25, -0.2) is 5.12 Å². The lowest BCUT2D eigenvalue weighted by atomic mass is 10.1. The third kappa shape index (κ3) is 2.58. The minimum absolute atomic E-state index is 0.376. The predicted octanol–water partition coefficient (Wildman–Crippen LogP) is 3.13. The monoisotopic (exact) mass is 179 g/mol. The molecule has 1 aromatic rings. The maximum Gasteiger partial charge on any atom is 0.0687 e. The third-order valence-corrected chi connectivity index (χ3v) is 1.87. The summed E-state index contributed by atoms with van der Waals surface area (Å²) in [4.78, 5) is 0. The molecule has 0 bridgehead atoms. The van der Waals surface area contributed by atoms with Crippen LogP contribution in [-0.2, 0) is 6.42 Å². The highest BCUT2D eigenvalue weighted by atomic mass is 19.2. The fourth-order valence-corrected chi connectivity index (χ4v) is 1.14. The summed E-state index contributed by atoms with van der Waals surface area (Å²) in [5, 5.41) is 0.720. The number of allylic oxidation sites excluding steroid dienone is 1. The van der Waals surface area contributed by atoms with Gasteiger partial charge in [0.15, 0.2) is 0 Å². The maximum atomic E-state index is 13.0. The van der Waals surface area contributed by atoms with Crippen LogP contribution < -0.4 is 5.12 Å². The van der Waals surface area contributed by atoms with Crippen LogP contribution in [0.1, 0.15) is 12.5 Å². The molecule has 1 rings (SSSR count). The lowest BCUT2D eigenvalue weighted by Gasteiger charge is -2.10. The van der Waals surface area contributed by atoms with Gasteiger partial charge in [-0.15, -0.1) is 6.58 Å². The van der Waals surface area contributed by atoms with Crippen molar-refractivity contribution in [3.8, 4) is 0 Å². The van der Waals surface area contributed by atoms with Gasteiger partial charge in [-0.05, 0) is 31.0 Å². The predicted molar refractivity (Wildman–Crippen MR) is 54.5 cm³/mol. The second kappa shape index (κ2) is 4.65. The molecule has 0 aromatic heterocycles. The van der Waals surface area contributed by atoms with Crippen LogP contribution in [-0.4, -0.2) is 6.54 Å². The summed E-state index contributed by atoms with van der Waals surface area (Å²) in [6.07, 6.45) is 2.67. The van der Waals surface area contributed by atoms with Crippen LogP contribution in [0.4, 0.5) is 10.2 Å². The molecule has 1 nitrogen and oxygen atoms in total. The van der Waals surface area contributed by atoms with Crippen LogP contribution in [0.2, 0.25) is 0 Å². The van der Waals surface area contributed by atoms with Crippen molar-refractivity contribution in [3.63, 3.8) is 0 Å². The smallest absolute Gasteiger partial charge is 0.0687 e. The van der Waals surface area contributed by atoms with Crippen molar-refractivity contribution in [2.45, 2.75) is 13.3 Å². The Hall–Kier alpha value is -1.31. The maximum absolute atomic E-state index is 13.0. The average Bonchev–Trinajstić information content (AvgIpc) is 2.18. The van der Waals surface area contributed by atoms with Crippen LogP contribution in [0.5, 0.6) is 0 Å². The van der Waals surface area contributed by atoms with Gasteiger partial charge in [0, 0.05) is 6.54 Å². The number of benzene rings is 1. The molecule has 70 valence electrons. The number of rotatable bonds is 4. The van der Waals surface area contributed by atoms with E-state index in [9.17, 15) is 4.48 Å². The van der Waals surface area contributed by atoms with Gasteiger partial charge in [-0.2, -0.15) is 0 Å². The highest BCUT2D eigenvalue weighted by molar-refractivity contribution is 5.45. The molecular formula is C11H14FN. The van der Waals surface area contributed by atoms with Gasteiger partial charge in [0.05, 0.1) is 5.69 Å². The van der Waals surface area contributed by atoms with Crippen LogP contribution in [0.15, 0.2) is 36.9 Å². The van der Waals surface area contributed by atoms with Crippen molar-refractivity contribution in [2.24, 2.45) is 0 Å². The molecule has 0 N–H and O–H groups in total. The number of hydrogen-bond donors (Lipinski definition) is 0. The highest BCUT2D eigenvalue weighted by Gasteiger charge is 2.00. The first kappa shape index (κ1) is 9.78. The van der Waals surface area contributed by atoms with Crippen molar-refractivity contribution >= 4 is 5.69 Å². The SMILES string of the molecule is C=CCc1ccc(N(F)CC)cc1. The van der Waals surface area contributed by atoms with E-state index in [4.69, 9.17) is 0 Å². The molecule has 0 aliphatic carbocycles. The van der Waals surface area contributed by atoms with Gasteiger partial charge in [0.25, 0.3) is 0 Å². The van der Waals surface area contributed by atoms with Gasteiger partial charge < -0.3 is 0 Å². The zero-order chi connectivity index (χ0) is 9.68. The summed E-state index contributed by atoms with van der Waals surface area (Å²) in [7, 11) is 0. The standard InChI is InChI=1S/C11H14FN/c1-3-5-10-6-8-11(9-7-10)13(12)4-2/h3,6-9H,1,4-5H2,2H3. The number of anilines is 1. The lowest BCUT2D eigenvalue weighted by molar-refractivity contribution is 0.444. The molecule has 13 heavy (non-hydrogen) atoms. The molecule has 0 fully saturated rings. The number of halogens is 1. The van der Waals surface area contributed by atoms with Gasteiger partial charge in [-0.1, -0.05) is 22.7 Å². The van der Waals surface area contributed by atoms with Crippen LogP contribution in [0.25, 0.3) is 0 Å². The molecule has 0 aliphatic heterocycles. The molecule has 0 saturated carbocycles. The molecule has 0 saturated heterocycles. The zero-order valence-electron chi connectivity index (χ0n) is 7.83. The summed E-state index contributed by atoms with van der Waals surface area (Å²) in [5.74, 6) is 0. The third-order valence-electron chi connectivity index (χ3n) is 1.87. The van der Waals surface area contributed by atoms with E-state index >= 15 is 0 Å². The van der Waals surface area contributed by atoms with E-state index in [1.165, 1.54) is 0 Å². The van der Waals surface area contributed by atoms with Gasteiger partial charge in [0.2, 0.25) is 0 Å². The van der Waals surface area contributed by atoms with Crippen molar-refractivity contribution in [1.29, 1.82) is 0 Å². The second-order valence-corrected chi connectivity index (χ2v) is 2.84. The fraction of sp³-hybridized carbons (Fsp3) is 0.273. The van der Waals surface area contributed by atoms with E-state index in [0.717, 1.165) is 17.1 Å². The topological polar surface area (TPSA) is 3.24 Å². The Morgan fingerprint density at radius 1 is 1.38 bits per heavy atom. The zero-order valence-corrected chi connectivity index (χ0v) is 7.83. The molecule has 1 aromatic carbocycles. The molecule has 0 unspecified atom stereocenters. The molecule has 0 radical (unpaired) electrons. The van der Waals surface area contributed by atoms with Crippen molar-refractivity contribution in [2.75, 3.05) is 11.7 Å². The lowest BCUT2D eigenvalue weighted by Crippen LogP contribution is -2.09. The molecule has 0 spiro atoms. The fourth-order valence-electron chi connectivity index (χ4n) is 1.14. The van der Waals surface area contributed by atoms with E-state index in [1.54, 1.807) is 19.1 Å². The van der Waals surface area contributed by atoms with Crippen LogP contribution in [0, 0.1) is 0 Å².